The molecule has 5 rings (SSSR count). The highest BCUT2D eigenvalue weighted by Crippen LogP contribution is 2.27. The van der Waals surface area contributed by atoms with Crippen LogP contribution in [0.25, 0.3) is 0 Å². The van der Waals surface area contributed by atoms with Gasteiger partial charge in [-0.15, -0.1) is 10.2 Å². The number of hydrogen-bond acceptors (Lipinski definition) is 6. The first-order chi connectivity index (χ1) is 11.8. The molecule has 2 aliphatic carbocycles. The summed E-state index contributed by atoms with van der Waals surface area (Å²) in [5.41, 5.74) is 5.16. The van der Waals surface area contributed by atoms with Crippen LogP contribution >= 0.6 is 0 Å². The van der Waals surface area contributed by atoms with Gasteiger partial charge in [0.25, 0.3) is 0 Å². The van der Waals surface area contributed by atoms with Crippen molar-refractivity contribution in [1.29, 1.82) is 0 Å². The van der Waals surface area contributed by atoms with E-state index in [2.05, 4.69) is 42.7 Å². The zero-order valence-electron chi connectivity index (χ0n) is 13.8. The predicted octanol–water partition coefficient (Wildman–Crippen LogP) is 1.79. The number of rotatable bonds is 4. The van der Waals surface area contributed by atoms with Crippen molar-refractivity contribution in [2.75, 3.05) is 29.9 Å². The quantitative estimate of drug-likeness (QED) is 0.926. The van der Waals surface area contributed by atoms with E-state index in [0.717, 1.165) is 57.0 Å². The zero-order valence-corrected chi connectivity index (χ0v) is 13.8. The Bertz CT molecular complexity index is 765. The largest absolute Gasteiger partial charge is 0.368 e. The van der Waals surface area contributed by atoms with Crippen LogP contribution in [0.5, 0.6) is 0 Å². The van der Waals surface area contributed by atoms with E-state index in [-0.39, 0.29) is 0 Å². The minimum Gasteiger partial charge on any atom is -0.368 e. The zero-order chi connectivity index (χ0) is 15.9. The highest BCUT2D eigenvalue weighted by atomic mass is 15.3. The molecule has 1 fully saturated rings. The molecule has 0 unspecified atom stereocenters. The molecule has 0 spiro atoms. The molecule has 3 heterocycles. The van der Waals surface area contributed by atoms with E-state index >= 15 is 0 Å². The highest BCUT2D eigenvalue weighted by Gasteiger charge is 2.29. The van der Waals surface area contributed by atoms with Gasteiger partial charge in [-0.2, -0.15) is 10.2 Å². The molecule has 2 aromatic heterocycles. The Kier molecular flexibility index (Phi) is 3.35. The number of nitrogens with one attached hydrogen (secondary N) is 1. The van der Waals surface area contributed by atoms with E-state index in [4.69, 9.17) is 0 Å². The van der Waals surface area contributed by atoms with E-state index in [0.29, 0.717) is 5.92 Å². The van der Waals surface area contributed by atoms with E-state index < -0.39 is 0 Å². The van der Waals surface area contributed by atoms with Crippen LogP contribution in [0.3, 0.4) is 0 Å². The minimum absolute atomic E-state index is 0.634. The summed E-state index contributed by atoms with van der Waals surface area (Å²) < 4.78 is 0. The summed E-state index contributed by atoms with van der Waals surface area (Å²) in [6, 6.07) is 4.42. The molecular weight excluding hydrogens is 300 g/mol. The molecule has 2 aromatic rings. The number of anilines is 2. The monoisotopic (exact) mass is 322 g/mol. The molecular formula is C18H22N6. The fourth-order valence-electron chi connectivity index (χ4n) is 4.02. The summed E-state index contributed by atoms with van der Waals surface area (Å²) in [6.07, 6.45) is 6.93. The SMILES string of the molecule is c1c(NCC2CN(c3cc4c(nn3)CCC4)C2)nnc2c1CCC2. The van der Waals surface area contributed by atoms with Crippen molar-refractivity contribution >= 4 is 11.6 Å². The van der Waals surface area contributed by atoms with Crippen LogP contribution in [0.4, 0.5) is 11.6 Å². The van der Waals surface area contributed by atoms with Crippen molar-refractivity contribution in [3.8, 4) is 0 Å². The maximum Gasteiger partial charge on any atom is 0.151 e. The second kappa shape index (κ2) is 5.69. The van der Waals surface area contributed by atoms with Crippen molar-refractivity contribution in [2.24, 2.45) is 5.92 Å². The van der Waals surface area contributed by atoms with Crippen molar-refractivity contribution < 1.29 is 0 Å². The van der Waals surface area contributed by atoms with Crippen LogP contribution in [-0.2, 0) is 25.7 Å². The molecule has 6 heteroatoms. The number of nitrogens with zero attached hydrogens (tertiary/aromatic N) is 5. The molecule has 1 N–H and O–H groups in total. The van der Waals surface area contributed by atoms with E-state index in [1.807, 2.05) is 0 Å². The van der Waals surface area contributed by atoms with Crippen LogP contribution in [0.1, 0.15) is 35.4 Å². The first-order valence-corrected chi connectivity index (χ1v) is 9.05. The summed E-state index contributed by atoms with van der Waals surface area (Å²) in [6.45, 7) is 3.03. The van der Waals surface area contributed by atoms with Crippen molar-refractivity contribution in [2.45, 2.75) is 38.5 Å². The molecule has 24 heavy (non-hydrogen) atoms. The molecule has 0 saturated carbocycles. The van der Waals surface area contributed by atoms with Crippen molar-refractivity contribution in [3.05, 3.63) is 34.6 Å². The van der Waals surface area contributed by atoms with Crippen LogP contribution in [0, 0.1) is 5.92 Å². The smallest absolute Gasteiger partial charge is 0.151 e. The van der Waals surface area contributed by atoms with Gasteiger partial charge >= 0.3 is 0 Å². The van der Waals surface area contributed by atoms with Crippen LogP contribution in [0.2, 0.25) is 0 Å². The van der Waals surface area contributed by atoms with E-state index in [1.165, 1.54) is 35.4 Å². The number of aromatic nitrogens is 4. The third-order valence-corrected chi connectivity index (χ3v) is 5.48. The van der Waals surface area contributed by atoms with Gasteiger partial charge in [-0.05, 0) is 61.8 Å². The second-order valence-electron chi connectivity index (χ2n) is 7.23. The Morgan fingerprint density at radius 2 is 1.58 bits per heavy atom. The fraction of sp³-hybridized carbons (Fsp3) is 0.556. The molecule has 0 aromatic carbocycles. The van der Waals surface area contributed by atoms with E-state index in [1.54, 1.807) is 0 Å². The molecule has 0 radical (unpaired) electrons. The summed E-state index contributed by atoms with van der Waals surface area (Å²) in [5, 5.41) is 20.9. The van der Waals surface area contributed by atoms with Crippen LogP contribution < -0.4 is 10.2 Å². The average Bonchev–Trinajstić information content (AvgIpc) is 3.21. The maximum absolute atomic E-state index is 4.40. The molecule has 1 aliphatic heterocycles. The van der Waals surface area contributed by atoms with Gasteiger partial charge in [-0.3, -0.25) is 0 Å². The predicted molar refractivity (Wildman–Crippen MR) is 92.3 cm³/mol. The minimum atomic E-state index is 0.634. The molecule has 3 aliphatic rings. The Balaban J connectivity index is 1.16. The highest BCUT2D eigenvalue weighted by molar-refractivity contribution is 5.46. The summed E-state index contributed by atoms with van der Waals surface area (Å²) in [4.78, 5) is 2.33. The number of aryl methyl sites for hydroxylation is 4. The van der Waals surface area contributed by atoms with Gasteiger partial charge in [-0.25, -0.2) is 0 Å². The molecule has 1 saturated heterocycles. The van der Waals surface area contributed by atoms with Crippen LogP contribution in [0.15, 0.2) is 12.1 Å². The average molecular weight is 322 g/mol. The normalized spacial score (nSPS) is 19.1. The molecule has 0 atom stereocenters. The second-order valence-corrected chi connectivity index (χ2v) is 7.23. The first kappa shape index (κ1) is 14.1. The van der Waals surface area contributed by atoms with Crippen molar-refractivity contribution in [3.63, 3.8) is 0 Å². The molecule has 6 nitrogen and oxygen atoms in total. The third-order valence-electron chi connectivity index (χ3n) is 5.48. The van der Waals surface area contributed by atoms with E-state index in [9.17, 15) is 0 Å². The molecule has 124 valence electrons. The topological polar surface area (TPSA) is 66.8 Å². The third kappa shape index (κ3) is 2.50. The Hall–Kier alpha value is -2.24. The fourth-order valence-corrected chi connectivity index (χ4v) is 4.02. The lowest BCUT2D eigenvalue weighted by Gasteiger charge is -2.40. The summed E-state index contributed by atoms with van der Waals surface area (Å²) >= 11 is 0. The maximum atomic E-state index is 4.40. The Morgan fingerprint density at radius 1 is 0.875 bits per heavy atom. The van der Waals surface area contributed by atoms with Gasteiger partial charge in [-0.1, -0.05) is 0 Å². The summed E-state index contributed by atoms with van der Waals surface area (Å²) in [7, 11) is 0. The molecule has 0 bridgehead atoms. The van der Waals surface area contributed by atoms with Gasteiger partial charge in [0.2, 0.25) is 0 Å². The van der Waals surface area contributed by atoms with Gasteiger partial charge in [0.1, 0.15) is 5.82 Å². The number of hydrogen-bond donors (Lipinski definition) is 1. The van der Waals surface area contributed by atoms with Crippen molar-refractivity contribution in [1.82, 2.24) is 20.4 Å². The summed E-state index contributed by atoms with van der Waals surface area (Å²) in [5.74, 6) is 2.60. The standard InChI is InChI=1S/C18H22N6/c1-3-13-7-17(22-20-15(13)5-1)19-9-12-10-24(11-12)18-8-14-4-2-6-16(14)21-23-18/h7-8,12H,1-6,9-11H2,(H,19,22). The lowest BCUT2D eigenvalue weighted by Crippen LogP contribution is -2.50. The number of fused-ring (bicyclic) bond motifs is 2. The first-order valence-electron chi connectivity index (χ1n) is 9.05. The van der Waals surface area contributed by atoms with Gasteiger partial charge in [0, 0.05) is 25.6 Å². The molecule has 0 amide bonds. The van der Waals surface area contributed by atoms with Gasteiger partial charge in [0.05, 0.1) is 11.4 Å². The lowest BCUT2D eigenvalue weighted by molar-refractivity contribution is 0.425. The van der Waals surface area contributed by atoms with Gasteiger partial charge < -0.3 is 10.2 Å². The van der Waals surface area contributed by atoms with Crippen LogP contribution in [-0.4, -0.2) is 40.0 Å². The Labute approximate surface area is 141 Å². The lowest BCUT2D eigenvalue weighted by atomic mass is 10.00. The van der Waals surface area contributed by atoms with Gasteiger partial charge in [0.15, 0.2) is 5.82 Å². The Morgan fingerprint density at radius 3 is 2.38 bits per heavy atom.